The van der Waals surface area contributed by atoms with Gasteiger partial charge in [0.2, 0.25) is 0 Å². The van der Waals surface area contributed by atoms with E-state index in [0.717, 1.165) is 13.1 Å². The minimum atomic E-state index is 0.538. The van der Waals surface area contributed by atoms with Gasteiger partial charge in [-0.25, -0.2) is 4.68 Å². The van der Waals surface area contributed by atoms with Crippen LogP contribution >= 0.6 is 0 Å². The van der Waals surface area contributed by atoms with Gasteiger partial charge in [-0.05, 0) is 31.7 Å². The fourth-order valence-corrected chi connectivity index (χ4v) is 3.89. The molecular formula is C14H20N6. The predicted octanol–water partition coefficient (Wildman–Crippen LogP) is 1.34. The molecule has 2 fully saturated rings. The van der Waals surface area contributed by atoms with E-state index in [-0.39, 0.29) is 0 Å². The highest BCUT2D eigenvalue weighted by Gasteiger charge is 2.41. The molecule has 6 nitrogen and oxygen atoms in total. The molecule has 0 aromatic carbocycles. The first-order valence-corrected chi connectivity index (χ1v) is 7.49. The van der Waals surface area contributed by atoms with Crippen molar-refractivity contribution in [3.05, 3.63) is 30.9 Å². The smallest absolute Gasteiger partial charge is 0.0693 e. The van der Waals surface area contributed by atoms with Crippen LogP contribution in [0.5, 0.6) is 0 Å². The Labute approximate surface area is 118 Å². The van der Waals surface area contributed by atoms with Gasteiger partial charge in [0.1, 0.15) is 0 Å². The number of aromatic nitrogens is 5. The van der Waals surface area contributed by atoms with Crippen LogP contribution in [0.1, 0.15) is 31.7 Å². The number of piperidine rings is 1. The first kappa shape index (κ1) is 12.1. The maximum Gasteiger partial charge on any atom is 0.0693 e. The van der Waals surface area contributed by atoms with E-state index in [2.05, 4.69) is 25.0 Å². The van der Waals surface area contributed by atoms with Crippen LogP contribution in [-0.2, 0) is 6.54 Å². The standard InChI is InChI=1S/C14H20N6/c1-4-16-18(6-1)8-9-19-12-2-3-13(19)11-14(10-12)20-7-5-15-17-20/h1,4-7,12-14H,2-3,8-11H2. The van der Waals surface area contributed by atoms with Gasteiger partial charge >= 0.3 is 0 Å². The largest absolute Gasteiger partial charge is 0.295 e. The van der Waals surface area contributed by atoms with E-state index in [1.54, 1.807) is 6.20 Å². The fourth-order valence-electron chi connectivity index (χ4n) is 3.89. The lowest BCUT2D eigenvalue weighted by Crippen LogP contribution is -2.44. The number of hydrogen-bond acceptors (Lipinski definition) is 4. The second-order valence-corrected chi connectivity index (χ2v) is 5.90. The molecule has 2 bridgehead atoms. The highest BCUT2D eigenvalue weighted by Crippen LogP contribution is 2.40. The summed E-state index contributed by atoms with van der Waals surface area (Å²) in [5.41, 5.74) is 0. The van der Waals surface area contributed by atoms with Crippen LogP contribution in [0.2, 0.25) is 0 Å². The van der Waals surface area contributed by atoms with Gasteiger partial charge in [0.05, 0.1) is 18.8 Å². The molecule has 0 spiro atoms. The summed E-state index contributed by atoms with van der Waals surface area (Å²) < 4.78 is 4.08. The van der Waals surface area contributed by atoms with Crippen molar-refractivity contribution in [3.8, 4) is 0 Å². The summed E-state index contributed by atoms with van der Waals surface area (Å²) >= 11 is 0. The molecule has 2 aromatic rings. The molecule has 4 rings (SSSR count). The minimum Gasteiger partial charge on any atom is -0.295 e. The third-order valence-electron chi connectivity index (χ3n) is 4.82. The summed E-state index contributed by atoms with van der Waals surface area (Å²) in [6.45, 7) is 2.11. The van der Waals surface area contributed by atoms with E-state index in [4.69, 9.17) is 0 Å². The molecule has 4 heterocycles. The molecule has 2 aromatic heterocycles. The SMILES string of the molecule is c1cnn(CCN2C3CCC2CC(n2ccnn2)C3)c1. The van der Waals surface area contributed by atoms with Crippen LogP contribution in [0.25, 0.3) is 0 Å². The molecule has 6 heteroatoms. The maximum absolute atomic E-state index is 4.29. The molecule has 2 aliphatic rings. The molecule has 0 radical (unpaired) electrons. The lowest BCUT2D eigenvalue weighted by molar-refractivity contribution is 0.0967. The Morgan fingerprint density at radius 1 is 0.950 bits per heavy atom. The van der Waals surface area contributed by atoms with E-state index >= 15 is 0 Å². The molecule has 2 aliphatic heterocycles. The van der Waals surface area contributed by atoms with Crippen molar-refractivity contribution in [2.45, 2.75) is 50.4 Å². The van der Waals surface area contributed by atoms with E-state index in [1.165, 1.54) is 25.7 Å². The highest BCUT2D eigenvalue weighted by molar-refractivity contribution is 4.97. The summed E-state index contributed by atoms with van der Waals surface area (Å²) in [7, 11) is 0. The van der Waals surface area contributed by atoms with Crippen molar-refractivity contribution < 1.29 is 0 Å². The summed E-state index contributed by atoms with van der Waals surface area (Å²) in [6.07, 6.45) is 12.8. The monoisotopic (exact) mass is 272 g/mol. The number of fused-ring (bicyclic) bond motifs is 2. The average Bonchev–Trinajstić information content (AvgIpc) is 3.18. The Hall–Kier alpha value is -1.69. The molecule has 106 valence electrons. The number of nitrogens with zero attached hydrogens (tertiary/aromatic N) is 6. The summed E-state index contributed by atoms with van der Waals surface area (Å²) in [5.74, 6) is 0. The summed E-state index contributed by atoms with van der Waals surface area (Å²) in [6, 6.07) is 3.94. The molecule has 0 amide bonds. The van der Waals surface area contributed by atoms with Gasteiger partial charge in [0.25, 0.3) is 0 Å². The molecule has 2 unspecified atom stereocenters. The summed E-state index contributed by atoms with van der Waals surface area (Å²) in [5, 5.41) is 12.4. The quantitative estimate of drug-likeness (QED) is 0.843. The first-order chi connectivity index (χ1) is 9.90. The van der Waals surface area contributed by atoms with Crippen LogP contribution in [0.4, 0.5) is 0 Å². The van der Waals surface area contributed by atoms with Gasteiger partial charge in [0, 0.05) is 37.2 Å². The van der Waals surface area contributed by atoms with Crippen molar-refractivity contribution >= 4 is 0 Å². The van der Waals surface area contributed by atoms with Gasteiger partial charge in [0.15, 0.2) is 0 Å². The fraction of sp³-hybridized carbons (Fsp3) is 0.643. The average molecular weight is 272 g/mol. The normalized spacial score (nSPS) is 29.9. The zero-order valence-corrected chi connectivity index (χ0v) is 11.5. The lowest BCUT2D eigenvalue weighted by Gasteiger charge is -2.38. The Morgan fingerprint density at radius 2 is 1.80 bits per heavy atom. The topological polar surface area (TPSA) is 51.8 Å². The molecule has 2 saturated heterocycles. The van der Waals surface area contributed by atoms with E-state index in [1.807, 2.05) is 29.3 Å². The van der Waals surface area contributed by atoms with Crippen molar-refractivity contribution in [2.75, 3.05) is 6.54 Å². The van der Waals surface area contributed by atoms with Gasteiger partial charge in [-0.2, -0.15) is 5.10 Å². The molecule has 0 aliphatic carbocycles. The zero-order chi connectivity index (χ0) is 13.4. The Bertz CT molecular complexity index is 520. The third-order valence-corrected chi connectivity index (χ3v) is 4.82. The first-order valence-electron chi connectivity index (χ1n) is 7.49. The van der Waals surface area contributed by atoms with Crippen molar-refractivity contribution in [3.63, 3.8) is 0 Å². The molecule has 0 saturated carbocycles. The Morgan fingerprint density at radius 3 is 2.45 bits per heavy atom. The number of rotatable bonds is 4. The van der Waals surface area contributed by atoms with Gasteiger partial charge in [-0.3, -0.25) is 9.58 Å². The van der Waals surface area contributed by atoms with Crippen LogP contribution in [-0.4, -0.2) is 48.3 Å². The van der Waals surface area contributed by atoms with Crippen molar-refractivity contribution in [1.29, 1.82) is 0 Å². The second-order valence-electron chi connectivity index (χ2n) is 5.90. The van der Waals surface area contributed by atoms with Crippen LogP contribution < -0.4 is 0 Å². The van der Waals surface area contributed by atoms with Gasteiger partial charge in [-0.15, -0.1) is 5.10 Å². The van der Waals surface area contributed by atoms with Crippen molar-refractivity contribution in [1.82, 2.24) is 29.7 Å². The molecule has 20 heavy (non-hydrogen) atoms. The number of hydrogen-bond donors (Lipinski definition) is 0. The third kappa shape index (κ3) is 2.14. The Kier molecular flexibility index (Phi) is 3.03. The van der Waals surface area contributed by atoms with Gasteiger partial charge < -0.3 is 0 Å². The van der Waals surface area contributed by atoms with E-state index in [0.29, 0.717) is 18.1 Å². The molecule has 0 N–H and O–H groups in total. The van der Waals surface area contributed by atoms with E-state index < -0.39 is 0 Å². The predicted molar refractivity (Wildman–Crippen MR) is 74.0 cm³/mol. The molecule has 2 atom stereocenters. The van der Waals surface area contributed by atoms with Crippen LogP contribution in [0, 0.1) is 0 Å². The maximum atomic E-state index is 4.29. The van der Waals surface area contributed by atoms with Crippen molar-refractivity contribution in [2.24, 2.45) is 0 Å². The summed E-state index contributed by atoms with van der Waals surface area (Å²) in [4.78, 5) is 2.69. The van der Waals surface area contributed by atoms with Crippen LogP contribution in [0.3, 0.4) is 0 Å². The highest BCUT2D eigenvalue weighted by atomic mass is 15.4. The van der Waals surface area contributed by atoms with Crippen LogP contribution in [0.15, 0.2) is 30.9 Å². The zero-order valence-electron chi connectivity index (χ0n) is 11.5. The minimum absolute atomic E-state index is 0.538. The second kappa shape index (κ2) is 5.01. The molecular weight excluding hydrogens is 252 g/mol. The van der Waals surface area contributed by atoms with Gasteiger partial charge in [-0.1, -0.05) is 5.21 Å². The Balaban J connectivity index is 1.41. The van der Waals surface area contributed by atoms with E-state index in [9.17, 15) is 0 Å². The lowest BCUT2D eigenvalue weighted by atomic mass is 9.97.